The molecule has 0 unspecified atom stereocenters. The van der Waals surface area contributed by atoms with E-state index in [2.05, 4.69) is 10.3 Å². The maximum Gasteiger partial charge on any atom is 0.433 e. The predicted molar refractivity (Wildman–Crippen MR) is 95.0 cm³/mol. The first kappa shape index (κ1) is 21.9. The molecule has 0 bridgehead atoms. The highest BCUT2D eigenvalue weighted by Gasteiger charge is 2.39. The molecule has 1 fully saturated rings. The van der Waals surface area contributed by atoms with Gasteiger partial charge in [-0.15, -0.1) is 0 Å². The number of carbonyl (C=O) groups excluding carboxylic acids is 2. The van der Waals surface area contributed by atoms with Crippen LogP contribution in [0.3, 0.4) is 0 Å². The number of nitrogens with one attached hydrogen (secondary N) is 1. The number of nitrogens with two attached hydrogens (primary N) is 1. The molecular formula is C18H25F3N4O3. The van der Waals surface area contributed by atoms with E-state index in [0.29, 0.717) is 5.56 Å². The van der Waals surface area contributed by atoms with E-state index >= 15 is 0 Å². The Morgan fingerprint density at radius 1 is 1.25 bits per heavy atom. The van der Waals surface area contributed by atoms with Gasteiger partial charge in [0.05, 0.1) is 5.54 Å². The summed E-state index contributed by atoms with van der Waals surface area (Å²) >= 11 is 0. The number of likely N-dealkylation sites (tertiary alicyclic amines) is 1. The highest BCUT2D eigenvalue weighted by atomic mass is 19.4. The third kappa shape index (κ3) is 5.82. The second-order valence-electron chi connectivity index (χ2n) is 7.86. The van der Waals surface area contributed by atoms with Crippen LogP contribution in [0.4, 0.5) is 18.0 Å². The highest BCUT2D eigenvalue weighted by Crippen LogP contribution is 2.27. The van der Waals surface area contributed by atoms with Crippen molar-refractivity contribution >= 4 is 12.0 Å². The van der Waals surface area contributed by atoms with Gasteiger partial charge in [0.1, 0.15) is 11.3 Å². The smallest absolute Gasteiger partial charge is 0.433 e. The van der Waals surface area contributed by atoms with Gasteiger partial charge in [0, 0.05) is 25.8 Å². The van der Waals surface area contributed by atoms with Crippen LogP contribution < -0.4 is 11.1 Å². The van der Waals surface area contributed by atoms with E-state index in [4.69, 9.17) is 10.5 Å². The Balaban J connectivity index is 1.87. The standard InChI is InChI=1S/C18H25F3N4O3/c1-16(2,3)28-15(27)25-8-6-17(22,7-9-25)14(26)24-11-12-4-5-13(23-10-12)18(19,20)21/h4-5,10H,6-9,11,22H2,1-3H3,(H,24,26). The zero-order valence-corrected chi connectivity index (χ0v) is 16.1. The summed E-state index contributed by atoms with van der Waals surface area (Å²) in [6.07, 6.45) is -3.39. The number of alkyl halides is 3. The molecule has 1 aliphatic heterocycles. The van der Waals surface area contributed by atoms with Crippen LogP contribution in [0.2, 0.25) is 0 Å². The van der Waals surface area contributed by atoms with E-state index < -0.39 is 35.0 Å². The van der Waals surface area contributed by atoms with Gasteiger partial charge in [0.15, 0.2) is 0 Å². The summed E-state index contributed by atoms with van der Waals surface area (Å²) in [5, 5.41) is 2.63. The predicted octanol–water partition coefficient (Wildman–Crippen LogP) is 2.45. The molecule has 1 aliphatic rings. The normalized spacial score (nSPS) is 17.2. The van der Waals surface area contributed by atoms with Crippen molar-refractivity contribution in [2.24, 2.45) is 5.73 Å². The lowest BCUT2D eigenvalue weighted by Crippen LogP contribution is -2.60. The zero-order chi connectivity index (χ0) is 21.2. The summed E-state index contributed by atoms with van der Waals surface area (Å²) in [6, 6.07) is 2.11. The molecule has 0 saturated carbocycles. The van der Waals surface area contributed by atoms with Crippen LogP contribution in [0.5, 0.6) is 0 Å². The van der Waals surface area contributed by atoms with Gasteiger partial charge in [0.25, 0.3) is 0 Å². The van der Waals surface area contributed by atoms with Crippen LogP contribution in [0, 0.1) is 0 Å². The molecule has 1 aromatic heterocycles. The van der Waals surface area contributed by atoms with E-state index in [-0.39, 0.29) is 32.5 Å². The van der Waals surface area contributed by atoms with Crippen molar-refractivity contribution in [2.75, 3.05) is 13.1 Å². The van der Waals surface area contributed by atoms with E-state index in [1.165, 1.54) is 11.0 Å². The van der Waals surface area contributed by atoms with Crippen molar-refractivity contribution in [1.82, 2.24) is 15.2 Å². The molecule has 1 saturated heterocycles. The molecule has 0 radical (unpaired) electrons. The van der Waals surface area contributed by atoms with Crippen LogP contribution in [-0.4, -0.2) is 46.1 Å². The fourth-order valence-corrected chi connectivity index (χ4v) is 2.70. The van der Waals surface area contributed by atoms with E-state index in [1.807, 2.05) is 0 Å². The summed E-state index contributed by atoms with van der Waals surface area (Å²) in [7, 11) is 0. The Labute approximate surface area is 161 Å². The lowest BCUT2D eigenvalue weighted by Gasteiger charge is -2.38. The summed E-state index contributed by atoms with van der Waals surface area (Å²) in [6.45, 7) is 5.88. The SMILES string of the molecule is CC(C)(C)OC(=O)N1CCC(N)(C(=O)NCc2ccc(C(F)(F)F)nc2)CC1. The third-order valence-corrected chi connectivity index (χ3v) is 4.33. The van der Waals surface area contributed by atoms with Gasteiger partial charge in [-0.05, 0) is 45.2 Å². The molecule has 156 valence electrons. The summed E-state index contributed by atoms with van der Waals surface area (Å²) in [5.74, 6) is -0.420. The first-order chi connectivity index (χ1) is 12.8. The number of pyridine rings is 1. The largest absolute Gasteiger partial charge is 0.444 e. The van der Waals surface area contributed by atoms with Crippen LogP contribution in [0.15, 0.2) is 18.3 Å². The van der Waals surface area contributed by atoms with Gasteiger partial charge in [-0.3, -0.25) is 9.78 Å². The summed E-state index contributed by atoms with van der Waals surface area (Å²) < 4.78 is 42.9. The second-order valence-corrected chi connectivity index (χ2v) is 7.86. The number of halogens is 3. The molecule has 3 N–H and O–H groups in total. The fourth-order valence-electron chi connectivity index (χ4n) is 2.70. The van der Waals surface area contributed by atoms with Gasteiger partial charge < -0.3 is 20.7 Å². The molecule has 7 nitrogen and oxygen atoms in total. The van der Waals surface area contributed by atoms with E-state index in [9.17, 15) is 22.8 Å². The van der Waals surface area contributed by atoms with Crippen molar-refractivity contribution in [1.29, 1.82) is 0 Å². The summed E-state index contributed by atoms with van der Waals surface area (Å²) in [4.78, 5) is 29.4. The molecule has 10 heteroatoms. The number of rotatable bonds is 3. The molecule has 2 heterocycles. The monoisotopic (exact) mass is 402 g/mol. The Hall–Kier alpha value is -2.36. The number of amides is 2. The Morgan fingerprint density at radius 3 is 2.32 bits per heavy atom. The molecule has 1 aromatic rings. The fraction of sp³-hybridized carbons (Fsp3) is 0.611. The van der Waals surface area contributed by atoms with E-state index in [0.717, 1.165) is 12.3 Å². The van der Waals surface area contributed by atoms with Crippen LogP contribution in [-0.2, 0) is 22.3 Å². The Bertz CT molecular complexity index is 706. The first-order valence-electron chi connectivity index (χ1n) is 8.87. The average Bonchev–Trinajstić information content (AvgIpc) is 2.58. The van der Waals surface area contributed by atoms with Gasteiger partial charge in [-0.1, -0.05) is 6.07 Å². The van der Waals surface area contributed by atoms with Gasteiger partial charge >= 0.3 is 12.3 Å². The van der Waals surface area contributed by atoms with Crippen LogP contribution in [0.1, 0.15) is 44.9 Å². The second kappa shape index (κ2) is 7.94. The number of aromatic nitrogens is 1. The number of hydrogen-bond acceptors (Lipinski definition) is 5. The molecular weight excluding hydrogens is 377 g/mol. The molecule has 0 aromatic carbocycles. The van der Waals surface area contributed by atoms with Crippen molar-refractivity contribution < 1.29 is 27.5 Å². The number of nitrogens with zero attached hydrogens (tertiary/aromatic N) is 2. The highest BCUT2D eigenvalue weighted by molar-refractivity contribution is 5.86. The molecule has 2 rings (SSSR count). The van der Waals surface area contributed by atoms with Crippen molar-refractivity contribution in [3.8, 4) is 0 Å². The van der Waals surface area contributed by atoms with Crippen molar-refractivity contribution in [3.63, 3.8) is 0 Å². The van der Waals surface area contributed by atoms with Crippen LogP contribution in [0.25, 0.3) is 0 Å². The van der Waals surface area contributed by atoms with Crippen molar-refractivity contribution in [2.45, 2.75) is 57.5 Å². The van der Waals surface area contributed by atoms with Gasteiger partial charge in [0.2, 0.25) is 5.91 Å². The average molecular weight is 402 g/mol. The molecule has 0 atom stereocenters. The Kier molecular flexibility index (Phi) is 6.22. The van der Waals surface area contributed by atoms with Crippen LogP contribution >= 0.6 is 0 Å². The lowest BCUT2D eigenvalue weighted by molar-refractivity contribution is -0.141. The first-order valence-corrected chi connectivity index (χ1v) is 8.87. The number of ether oxygens (including phenoxy) is 1. The number of carbonyl (C=O) groups is 2. The number of hydrogen-bond donors (Lipinski definition) is 2. The molecule has 0 spiro atoms. The zero-order valence-electron chi connectivity index (χ0n) is 16.1. The molecule has 0 aliphatic carbocycles. The third-order valence-electron chi connectivity index (χ3n) is 4.33. The quantitative estimate of drug-likeness (QED) is 0.809. The molecule has 2 amide bonds. The molecule has 28 heavy (non-hydrogen) atoms. The maximum atomic E-state index is 12.5. The minimum absolute atomic E-state index is 0.0126. The van der Waals surface area contributed by atoms with Gasteiger partial charge in [-0.25, -0.2) is 4.79 Å². The number of piperidine rings is 1. The summed E-state index contributed by atoms with van der Waals surface area (Å²) in [5.41, 5.74) is 3.85. The lowest BCUT2D eigenvalue weighted by atomic mass is 9.87. The maximum absolute atomic E-state index is 12.5. The minimum Gasteiger partial charge on any atom is -0.444 e. The van der Waals surface area contributed by atoms with Crippen molar-refractivity contribution in [3.05, 3.63) is 29.6 Å². The Morgan fingerprint density at radius 2 is 1.86 bits per heavy atom. The topological polar surface area (TPSA) is 97.5 Å². The van der Waals surface area contributed by atoms with Gasteiger partial charge in [-0.2, -0.15) is 13.2 Å². The minimum atomic E-state index is -4.51. The van der Waals surface area contributed by atoms with E-state index in [1.54, 1.807) is 20.8 Å².